The third kappa shape index (κ3) is 5.77. The highest BCUT2D eigenvalue weighted by molar-refractivity contribution is 5.88. The Balaban J connectivity index is 1.26. The molecule has 0 unspecified atom stereocenters. The van der Waals surface area contributed by atoms with E-state index in [2.05, 4.69) is 10.2 Å². The largest absolute Gasteiger partial charge is 0.497 e. The van der Waals surface area contributed by atoms with Crippen LogP contribution in [0.15, 0.2) is 53.1 Å². The number of nitrogens with one attached hydrogen (secondary N) is 1. The fraction of sp³-hybridized carbons (Fsp3) is 0.375. The van der Waals surface area contributed by atoms with E-state index in [1.54, 1.807) is 13.4 Å². The van der Waals surface area contributed by atoms with E-state index in [9.17, 15) is 4.79 Å². The van der Waals surface area contributed by atoms with E-state index < -0.39 is 0 Å². The summed E-state index contributed by atoms with van der Waals surface area (Å²) in [6, 6.07) is 13.4. The molecule has 0 saturated carbocycles. The van der Waals surface area contributed by atoms with Crippen molar-refractivity contribution < 1.29 is 23.4 Å². The Bertz CT molecular complexity index is 1010. The highest BCUT2D eigenvalue weighted by atomic mass is 16.5. The van der Waals surface area contributed by atoms with E-state index in [-0.39, 0.29) is 12.3 Å². The van der Waals surface area contributed by atoms with Gasteiger partial charge in [-0.25, -0.2) is 0 Å². The number of fused-ring (bicyclic) bond motifs is 1. The molecule has 1 aromatic heterocycles. The van der Waals surface area contributed by atoms with Crippen molar-refractivity contribution in [1.82, 2.24) is 10.2 Å². The molecule has 3 aromatic rings. The number of carbonyl (C=O) groups is 1. The van der Waals surface area contributed by atoms with Crippen LogP contribution in [0.5, 0.6) is 11.5 Å². The van der Waals surface area contributed by atoms with Crippen LogP contribution >= 0.6 is 0 Å². The monoisotopic (exact) mass is 424 g/mol. The van der Waals surface area contributed by atoms with Crippen LogP contribution < -0.4 is 14.8 Å². The van der Waals surface area contributed by atoms with Gasteiger partial charge in [-0.3, -0.25) is 9.69 Å². The van der Waals surface area contributed by atoms with Crippen LogP contribution in [0.2, 0.25) is 0 Å². The van der Waals surface area contributed by atoms with Gasteiger partial charge in [0.05, 0.1) is 33.0 Å². The second kappa shape index (κ2) is 10.3. The molecular weight excluding hydrogens is 396 g/mol. The predicted octanol–water partition coefficient (Wildman–Crippen LogP) is 3.01. The minimum atomic E-state index is -0.0582. The van der Waals surface area contributed by atoms with Crippen molar-refractivity contribution in [3.63, 3.8) is 0 Å². The molecule has 1 N–H and O–H groups in total. The third-order valence-electron chi connectivity index (χ3n) is 5.38. The van der Waals surface area contributed by atoms with Gasteiger partial charge in [0.25, 0.3) is 0 Å². The highest BCUT2D eigenvalue weighted by Gasteiger charge is 2.12. The molecule has 1 fully saturated rings. The molecule has 0 aliphatic carbocycles. The third-order valence-corrected chi connectivity index (χ3v) is 5.38. The summed E-state index contributed by atoms with van der Waals surface area (Å²) >= 11 is 0. The Morgan fingerprint density at radius 1 is 1.13 bits per heavy atom. The number of morpholine rings is 1. The molecule has 1 aliphatic heterocycles. The zero-order chi connectivity index (χ0) is 21.5. The molecule has 7 heteroatoms. The second-order valence-electron chi connectivity index (χ2n) is 7.53. The van der Waals surface area contributed by atoms with Crippen LogP contribution in [0.1, 0.15) is 11.1 Å². The summed E-state index contributed by atoms with van der Waals surface area (Å²) < 4.78 is 22.0. The number of benzene rings is 2. The molecule has 0 spiro atoms. The van der Waals surface area contributed by atoms with E-state index in [0.717, 1.165) is 60.9 Å². The minimum absolute atomic E-state index is 0.0582. The van der Waals surface area contributed by atoms with Gasteiger partial charge in [0.15, 0.2) is 0 Å². The van der Waals surface area contributed by atoms with Crippen LogP contribution in [-0.4, -0.2) is 57.4 Å². The van der Waals surface area contributed by atoms with Gasteiger partial charge in [-0.15, -0.1) is 0 Å². The molecule has 0 bridgehead atoms. The van der Waals surface area contributed by atoms with Crippen LogP contribution in [0.4, 0.5) is 0 Å². The topological polar surface area (TPSA) is 73.2 Å². The summed E-state index contributed by atoms with van der Waals surface area (Å²) in [6.45, 7) is 5.45. The number of hydrogen-bond donors (Lipinski definition) is 1. The number of ether oxygens (including phenoxy) is 3. The molecule has 4 rings (SSSR count). The molecule has 0 atom stereocenters. The lowest BCUT2D eigenvalue weighted by Gasteiger charge is -2.26. The summed E-state index contributed by atoms with van der Waals surface area (Å²) in [6.07, 6.45) is 1.89. The van der Waals surface area contributed by atoms with Crippen LogP contribution in [0.3, 0.4) is 0 Å². The van der Waals surface area contributed by atoms with Crippen LogP contribution in [0.25, 0.3) is 11.0 Å². The van der Waals surface area contributed by atoms with Crippen molar-refractivity contribution in [3.05, 3.63) is 59.9 Å². The number of amides is 1. The van der Waals surface area contributed by atoms with E-state index in [4.69, 9.17) is 18.6 Å². The summed E-state index contributed by atoms with van der Waals surface area (Å²) in [7, 11) is 1.61. The van der Waals surface area contributed by atoms with Gasteiger partial charge in [0.2, 0.25) is 5.91 Å². The van der Waals surface area contributed by atoms with Gasteiger partial charge < -0.3 is 23.9 Å². The molecule has 7 nitrogen and oxygen atoms in total. The average Bonchev–Trinajstić information content (AvgIpc) is 3.20. The van der Waals surface area contributed by atoms with Gasteiger partial charge in [-0.05, 0) is 29.8 Å². The molecule has 2 aromatic carbocycles. The lowest BCUT2D eigenvalue weighted by atomic mass is 10.1. The van der Waals surface area contributed by atoms with Crippen molar-refractivity contribution in [2.75, 3.05) is 46.6 Å². The lowest BCUT2D eigenvalue weighted by Crippen LogP contribution is -2.38. The van der Waals surface area contributed by atoms with Gasteiger partial charge in [0.1, 0.15) is 23.7 Å². The molecule has 1 amide bonds. The van der Waals surface area contributed by atoms with Gasteiger partial charge in [-0.1, -0.05) is 12.1 Å². The Kier molecular flexibility index (Phi) is 7.07. The van der Waals surface area contributed by atoms with E-state index in [1.807, 2.05) is 42.5 Å². The Morgan fingerprint density at radius 2 is 2.00 bits per heavy atom. The molecule has 164 valence electrons. The maximum absolute atomic E-state index is 12.5. The molecule has 2 heterocycles. The van der Waals surface area contributed by atoms with Crippen LogP contribution in [0, 0.1) is 0 Å². The average molecular weight is 424 g/mol. The fourth-order valence-electron chi connectivity index (χ4n) is 3.63. The predicted molar refractivity (Wildman–Crippen MR) is 118 cm³/mol. The maximum Gasteiger partial charge on any atom is 0.224 e. The van der Waals surface area contributed by atoms with Crippen molar-refractivity contribution in [1.29, 1.82) is 0 Å². The Hall–Kier alpha value is -3.03. The van der Waals surface area contributed by atoms with Crippen molar-refractivity contribution in [3.8, 4) is 11.5 Å². The lowest BCUT2D eigenvalue weighted by molar-refractivity contribution is -0.120. The van der Waals surface area contributed by atoms with Gasteiger partial charge in [-0.2, -0.15) is 0 Å². The number of nitrogens with zero attached hydrogens (tertiary/aromatic N) is 1. The SMILES string of the molecule is COc1ccc2c(CC(=O)NCc3cccc(OCCN4CCOCC4)c3)coc2c1. The summed E-state index contributed by atoms with van der Waals surface area (Å²) in [5, 5.41) is 3.90. The van der Waals surface area contributed by atoms with Gasteiger partial charge in [0, 0.05) is 43.2 Å². The number of hydrogen-bond acceptors (Lipinski definition) is 6. The minimum Gasteiger partial charge on any atom is -0.497 e. The summed E-state index contributed by atoms with van der Waals surface area (Å²) in [4.78, 5) is 14.8. The summed E-state index contributed by atoms with van der Waals surface area (Å²) in [5.74, 6) is 1.48. The Morgan fingerprint density at radius 3 is 2.84 bits per heavy atom. The molecule has 31 heavy (non-hydrogen) atoms. The first-order valence-corrected chi connectivity index (χ1v) is 10.5. The van der Waals surface area contributed by atoms with E-state index >= 15 is 0 Å². The number of methoxy groups -OCH3 is 1. The van der Waals surface area contributed by atoms with Crippen LogP contribution in [-0.2, 0) is 22.5 Å². The smallest absolute Gasteiger partial charge is 0.224 e. The standard InChI is InChI=1S/C24H28N2O5/c1-28-20-5-6-22-19(17-31-23(22)15-20)14-24(27)25-16-18-3-2-4-21(13-18)30-12-9-26-7-10-29-11-8-26/h2-6,13,15,17H,7-12,14,16H2,1H3,(H,25,27). The second-order valence-corrected chi connectivity index (χ2v) is 7.53. The zero-order valence-electron chi connectivity index (χ0n) is 17.8. The first-order chi connectivity index (χ1) is 15.2. The van der Waals surface area contributed by atoms with E-state index in [1.165, 1.54) is 0 Å². The quantitative estimate of drug-likeness (QED) is 0.569. The molecular formula is C24H28N2O5. The van der Waals surface area contributed by atoms with E-state index in [0.29, 0.717) is 18.7 Å². The highest BCUT2D eigenvalue weighted by Crippen LogP contribution is 2.25. The Labute approximate surface area is 181 Å². The molecule has 1 saturated heterocycles. The maximum atomic E-state index is 12.5. The number of carbonyl (C=O) groups excluding carboxylic acids is 1. The first-order valence-electron chi connectivity index (χ1n) is 10.5. The number of rotatable bonds is 9. The van der Waals surface area contributed by atoms with Gasteiger partial charge >= 0.3 is 0 Å². The fourth-order valence-corrected chi connectivity index (χ4v) is 3.63. The molecule has 1 aliphatic rings. The van der Waals surface area contributed by atoms with Crippen molar-refractivity contribution in [2.45, 2.75) is 13.0 Å². The van der Waals surface area contributed by atoms with Crippen molar-refractivity contribution in [2.24, 2.45) is 0 Å². The zero-order valence-corrected chi connectivity index (χ0v) is 17.8. The normalized spacial score (nSPS) is 14.5. The first kappa shape index (κ1) is 21.2. The summed E-state index contributed by atoms with van der Waals surface area (Å²) in [5.41, 5.74) is 2.57. The number of furan rings is 1. The molecule has 0 radical (unpaired) electrons. The van der Waals surface area contributed by atoms with Crippen molar-refractivity contribution >= 4 is 16.9 Å².